The summed E-state index contributed by atoms with van der Waals surface area (Å²) in [5.41, 5.74) is 3.48. The number of nitrogens with zero attached hydrogens (tertiary/aromatic N) is 1. The van der Waals surface area contributed by atoms with Gasteiger partial charge in [-0.2, -0.15) is 0 Å². The zero-order valence-corrected chi connectivity index (χ0v) is 12.7. The number of hydrogen-bond donors (Lipinski definition) is 1. The van der Waals surface area contributed by atoms with Gasteiger partial charge >= 0.3 is 0 Å². The minimum Gasteiger partial charge on any atom is -0.312 e. The van der Waals surface area contributed by atoms with Gasteiger partial charge in [0.25, 0.3) is 0 Å². The molecule has 2 unspecified atom stereocenters. The summed E-state index contributed by atoms with van der Waals surface area (Å²) in [6, 6.07) is 9.90. The second-order valence-electron chi connectivity index (χ2n) is 5.09. The van der Waals surface area contributed by atoms with Crippen LogP contribution >= 0.6 is 23.2 Å². The Bertz CT molecular complexity index is 607. The van der Waals surface area contributed by atoms with Crippen LogP contribution in [0.3, 0.4) is 0 Å². The van der Waals surface area contributed by atoms with E-state index in [4.69, 9.17) is 23.2 Å². The molecule has 104 valence electrons. The molecule has 0 saturated heterocycles. The molecule has 0 amide bonds. The highest BCUT2D eigenvalue weighted by atomic mass is 35.5. The lowest BCUT2D eigenvalue weighted by Gasteiger charge is -2.25. The number of rotatable bonds is 3. The molecular formula is C16H16Cl2N2. The summed E-state index contributed by atoms with van der Waals surface area (Å²) in [7, 11) is 1.95. The van der Waals surface area contributed by atoms with Crippen LogP contribution in [-0.2, 0) is 6.42 Å². The van der Waals surface area contributed by atoms with Gasteiger partial charge in [-0.15, -0.1) is 0 Å². The molecule has 2 atom stereocenters. The third-order valence-electron chi connectivity index (χ3n) is 4.03. The predicted octanol–water partition coefficient (Wildman–Crippen LogP) is 4.38. The molecule has 1 aliphatic carbocycles. The molecule has 0 aliphatic heterocycles. The highest BCUT2D eigenvalue weighted by Crippen LogP contribution is 2.44. The SMILES string of the molecule is CNC(c1c(Cl)cccc1Cl)C1CCc2cccnc21. The van der Waals surface area contributed by atoms with Gasteiger partial charge < -0.3 is 5.32 Å². The second-order valence-corrected chi connectivity index (χ2v) is 5.91. The summed E-state index contributed by atoms with van der Waals surface area (Å²) in [6.07, 6.45) is 3.99. The molecule has 0 saturated carbocycles. The zero-order valence-electron chi connectivity index (χ0n) is 11.2. The third kappa shape index (κ3) is 2.32. The highest BCUT2D eigenvalue weighted by Gasteiger charge is 2.33. The van der Waals surface area contributed by atoms with Crippen molar-refractivity contribution in [3.05, 3.63) is 63.4 Å². The van der Waals surface area contributed by atoms with Crippen molar-refractivity contribution in [1.29, 1.82) is 0 Å². The van der Waals surface area contributed by atoms with E-state index in [0.29, 0.717) is 16.0 Å². The van der Waals surface area contributed by atoms with Gasteiger partial charge in [0.1, 0.15) is 0 Å². The molecule has 20 heavy (non-hydrogen) atoms. The van der Waals surface area contributed by atoms with E-state index in [1.807, 2.05) is 37.5 Å². The van der Waals surface area contributed by atoms with Crippen LogP contribution in [0.2, 0.25) is 10.0 Å². The lowest BCUT2D eigenvalue weighted by Crippen LogP contribution is -2.24. The van der Waals surface area contributed by atoms with Crippen LogP contribution in [0.1, 0.15) is 35.2 Å². The minimum absolute atomic E-state index is 0.0901. The van der Waals surface area contributed by atoms with Gasteiger partial charge in [-0.1, -0.05) is 35.3 Å². The van der Waals surface area contributed by atoms with Crippen molar-refractivity contribution < 1.29 is 0 Å². The molecule has 1 N–H and O–H groups in total. The lowest BCUT2D eigenvalue weighted by atomic mass is 9.90. The fourth-order valence-corrected chi connectivity index (χ4v) is 3.76. The van der Waals surface area contributed by atoms with Crippen molar-refractivity contribution >= 4 is 23.2 Å². The van der Waals surface area contributed by atoms with Gasteiger partial charge in [-0.05, 0) is 43.7 Å². The molecular weight excluding hydrogens is 291 g/mol. The smallest absolute Gasteiger partial charge is 0.0485 e. The zero-order chi connectivity index (χ0) is 14.1. The number of likely N-dealkylation sites (N-methyl/N-ethyl adjacent to an activating group) is 1. The van der Waals surface area contributed by atoms with Crippen LogP contribution in [0.25, 0.3) is 0 Å². The van der Waals surface area contributed by atoms with Crippen LogP contribution < -0.4 is 5.32 Å². The van der Waals surface area contributed by atoms with Crippen molar-refractivity contribution in [3.8, 4) is 0 Å². The van der Waals surface area contributed by atoms with Crippen LogP contribution in [0.4, 0.5) is 0 Å². The maximum atomic E-state index is 6.36. The Morgan fingerprint density at radius 2 is 1.95 bits per heavy atom. The maximum Gasteiger partial charge on any atom is 0.0485 e. The first kappa shape index (κ1) is 13.9. The average Bonchev–Trinajstić information content (AvgIpc) is 2.87. The minimum atomic E-state index is 0.0901. The molecule has 2 nitrogen and oxygen atoms in total. The molecule has 2 aromatic rings. The number of nitrogens with one attached hydrogen (secondary N) is 1. The Labute approximate surface area is 129 Å². The number of aromatic nitrogens is 1. The third-order valence-corrected chi connectivity index (χ3v) is 4.69. The first-order valence-electron chi connectivity index (χ1n) is 6.77. The Morgan fingerprint density at radius 3 is 2.65 bits per heavy atom. The molecule has 0 radical (unpaired) electrons. The normalized spacial score (nSPS) is 18.9. The molecule has 1 aromatic heterocycles. The van der Waals surface area contributed by atoms with E-state index in [-0.39, 0.29) is 6.04 Å². The second kappa shape index (κ2) is 5.72. The largest absolute Gasteiger partial charge is 0.312 e. The van der Waals surface area contributed by atoms with Crippen molar-refractivity contribution in [3.63, 3.8) is 0 Å². The van der Waals surface area contributed by atoms with Crippen LogP contribution in [-0.4, -0.2) is 12.0 Å². The number of fused-ring (bicyclic) bond motifs is 1. The van der Waals surface area contributed by atoms with Crippen molar-refractivity contribution in [1.82, 2.24) is 10.3 Å². The van der Waals surface area contributed by atoms with Gasteiger partial charge in [-0.3, -0.25) is 4.98 Å². The summed E-state index contributed by atoms with van der Waals surface area (Å²) in [5.74, 6) is 0.314. The van der Waals surface area contributed by atoms with Gasteiger partial charge in [0.15, 0.2) is 0 Å². The molecule has 0 bridgehead atoms. The Kier molecular flexibility index (Phi) is 3.97. The topological polar surface area (TPSA) is 24.9 Å². The Balaban J connectivity index is 2.04. The first-order valence-corrected chi connectivity index (χ1v) is 7.53. The molecule has 0 spiro atoms. The number of benzene rings is 1. The first-order chi connectivity index (χ1) is 9.72. The van der Waals surface area contributed by atoms with Gasteiger partial charge in [0, 0.05) is 39.5 Å². The van der Waals surface area contributed by atoms with E-state index < -0.39 is 0 Å². The van der Waals surface area contributed by atoms with Crippen LogP contribution in [0.15, 0.2) is 36.5 Å². The molecule has 3 rings (SSSR count). The van der Waals surface area contributed by atoms with E-state index in [9.17, 15) is 0 Å². The molecule has 1 aliphatic rings. The standard InChI is InChI=1S/C16H16Cl2N2/c1-19-16(14-12(17)5-2-6-13(14)18)11-8-7-10-4-3-9-20-15(10)11/h2-6,9,11,16,19H,7-8H2,1H3. The number of pyridine rings is 1. The summed E-state index contributed by atoms with van der Waals surface area (Å²) >= 11 is 12.7. The maximum absolute atomic E-state index is 6.36. The van der Waals surface area contributed by atoms with E-state index in [1.165, 1.54) is 11.3 Å². The van der Waals surface area contributed by atoms with Crippen molar-refractivity contribution in [2.45, 2.75) is 24.8 Å². The van der Waals surface area contributed by atoms with Crippen molar-refractivity contribution in [2.24, 2.45) is 0 Å². The van der Waals surface area contributed by atoms with Crippen LogP contribution in [0.5, 0.6) is 0 Å². The molecule has 1 heterocycles. The van der Waals surface area contributed by atoms with E-state index in [1.54, 1.807) is 0 Å². The fourth-order valence-electron chi connectivity index (χ4n) is 3.12. The van der Waals surface area contributed by atoms with E-state index >= 15 is 0 Å². The van der Waals surface area contributed by atoms with E-state index in [2.05, 4.69) is 16.4 Å². The molecule has 0 fully saturated rings. The fraction of sp³-hybridized carbons (Fsp3) is 0.312. The molecule has 1 aromatic carbocycles. The van der Waals surface area contributed by atoms with Gasteiger partial charge in [-0.25, -0.2) is 0 Å². The van der Waals surface area contributed by atoms with Gasteiger partial charge in [0.2, 0.25) is 0 Å². The predicted molar refractivity (Wildman–Crippen MR) is 83.6 cm³/mol. The Morgan fingerprint density at radius 1 is 1.20 bits per heavy atom. The summed E-state index contributed by atoms with van der Waals surface area (Å²) in [6.45, 7) is 0. The summed E-state index contributed by atoms with van der Waals surface area (Å²) in [4.78, 5) is 4.57. The van der Waals surface area contributed by atoms with Crippen molar-refractivity contribution in [2.75, 3.05) is 7.05 Å². The average molecular weight is 307 g/mol. The summed E-state index contributed by atoms with van der Waals surface area (Å²) in [5, 5.41) is 4.79. The quantitative estimate of drug-likeness (QED) is 0.910. The highest BCUT2D eigenvalue weighted by molar-refractivity contribution is 6.36. The van der Waals surface area contributed by atoms with E-state index in [0.717, 1.165) is 18.4 Å². The van der Waals surface area contributed by atoms with Crippen LogP contribution in [0, 0.1) is 0 Å². The lowest BCUT2D eigenvalue weighted by molar-refractivity contribution is 0.470. The Hall–Kier alpha value is -1.09. The number of aryl methyl sites for hydroxylation is 1. The number of hydrogen-bond acceptors (Lipinski definition) is 2. The molecule has 4 heteroatoms. The monoisotopic (exact) mass is 306 g/mol. The summed E-state index contributed by atoms with van der Waals surface area (Å²) < 4.78 is 0. The van der Waals surface area contributed by atoms with Gasteiger partial charge in [0.05, 0.1) is 0 Å². The number of halogens is 2.